The van der Waals surface area contributed by atoms with Gasteiger partial charge in [0.1, 0.15) is 0 Å². The minimum atomic E-state index is -0.221. The maximum atomic E-state index is 2.53. The summed E-state index contributed by atoms with van der Waals surface area (Å²) in [4.78, 5) is 4.83. The molecule has 324 valence electrons. The molecule has 2 nitrogen and oxygen atoms in total. The molecule has 0 spiro atoms. The fourth-order valence-electron chi connectivity index (χ4n) is 11.8. The molecule has 0 N–H and O–H groups in total. The molecule has 68 heavy (non-hydrogen) atoms. The first-order valence-electron chi connectivity index (χ1n) is 23.9. The van der Waals surface area contributed by atoms with Crippen LogP contribution in [0.1, 0.15) is 61.1 Å². The smallest absolute Gasteiger partial charge is 0.0540 e. The highest BCUT2D eigenvalue weighted by Crippen LogP contribution is 2.56. The first kappa shape index (κ1) is 40.1. The Morgan fingerprint density at radius 1 is 0.294 bits per heavy atom. The Labute approximate surface area is 399 Å². The molecular weight excluding hydrogens is 821 g/mol. The molecule has 10 aromatic carbocycles. The maximum Gasteiger partial charge on any atom is 0.0540 e. The van der Waals surface area contributed by atoms with Crippen LogP contribution < -0.4 is 9.80 Å². The molecule has 2 heteroatoms. The van der Waals surface area contributed by atoms with Crippen molar-refractivity contribution in [1.82, 2.24) is 0 Å². The van der Waals surface area contributed by atoms with Crippen molar-refractivity contribution in [3.05, 3.63) is 252 Å². The molecule has 0 radical (unpaired) electrons. The van der Waals surface area contributed by atoms with Crippen molar-refractivity contribution in [2.75, 3.05) is 9.80 Å². The molecule has 0 fully saturated rings. The number of fused-ring (bicyclic) bond motifs is 9. The van der Waals surface area contributed by atoms with Crippen LogP contribution in [0, 0.1) is 0 Å². The average molecular weight is 871 g/mol. The molecule has 13 rings (SSSR count). The van der Waals surface area contributed by atoms with Crippen LogP contribution in [-0.4, -0.2) is 0 Å². The number of anilines is 6. The lowest BCUT2D eigenvalue weighted by atomic mass is 9.81. The number of hydrogen-bond donors (Lipinski definition) is 0. The summed E-state index contributed by atoms with van der Waals surface area (Å²) in [6.07, 6.45) is 4.49. The van der Waals surface area contributed by atoms with Gasteiger partial charge in [0, 0.05) is 44.7 Å². The van der Waals surface area contributed by atoms with Gasteiger partial charge in [0.2, 0.25) is 0 Å². The third-order valence-corrected chi connectivity index (χ3v) is 15.2. The van der Waals surface area contributed by atoms with Crippen LogP contribution in [0.2, 0.25) is 0 Å². The molecule has 0 saturated heterocycles. The number of rotatable bonds is 8. The molecule has 10 aromatic rings. The van der Waals surface area contributed by atoms with Crippen LogP contribution in [-0.2, 0) is 10.8 Å². The van der Waals surface area contributed by atoms with Crippen LogP contribution in [0.15, 0.2) is 218 Å². The Balaban J connectivity index is 0.873. The van der Waals surface area contributed by atoms with E-state index in [0.717, 1.165) is 28.3 Å². The van der Waals surface area contributed by atoms with E-state index in [2.05, 4.69) is 268 Å². The molecule has 3 aliphatic carbocycles. The molecule has 3 aliphatic rings. The van der Waals surface area contributed by atoms with Gasteiger partial charge in [-0.2, -0.15) is 0 Å². The van der Waals surface area contributed by atoms with Crippen LogP contribution in [0.5, 0.6) is 0 Å². The van der Waals surface area contributed by atoms with E-state index in [9.17, 15) is 0 Å². The summed E-state index contributed by atoms with van der Waals surface area (Å²) in [7, 11) is 0. The fourth-order valence-corrected chi connectivity index (χ4v) is 11.8. The third-order valence-electron chi connectivity index (χ3n) is 15.2. The van der Waals surface area contributed by atoms with Crippen LogP contribution >= 0.6 is 0 Å². The Hall–Kier alpha value is -8.20. The monoisotopic (exact) mass is 870 g/mol. The summed E-state index contributed by atoms with van der Waals surface area (Å²) in [5.74, 6) is 0. The number of benzene rings is 10. The SMILES string of the molecule is CC1(C)c2ccccc2-c2ccc(N(c3ccc4c(c3)C(C)(C)c3cc(/C=C/c5ccc(N(c6ccccc6)c6ccccc6)cc5)ccc3-4)c3ccc4c5c(cccc35)-c3ccccc3-4)cc21. The predicted octanol–water partition coefficient (Wildman–Crippen LogP) is 18.2. The zero-order valence-electron chi connectivity index (χ0n) is 38.8. The van der Waals surface area contributed by atoms with E-state index < -0.39 is 0 Å². The minimum absolute atomic E-state index is 0.125. The normalized spacial score (nSPS) is 14.1. The molecule has 0 saturated carbocycles. The lowest BCUT2D eigenvalue weighted by Gasteiger charge is -2.30. The zero-order chi connectivity index (χ0) is 45.7. The molecule has 0 bridgehead atoms. The largest absolute Gasteiger partial charge is 0.311 e. The van der Waals surface area contributed by atoms with E-state index in [0.29, 0.717) is 0 Å². The quantitative estimate of drug-likeness (QED) is 0.140. The van der Waals surface area contributed by atoms with Gasteiger partial charge in [-0.3, -0.25) is 0 Å². The van der Waals surface area contributed by atoms with Crippen LogP contribution in [0.25, 0.3) is 67.4 Å². The first-order chi connectivity index (χ1) is 33.2. The van der Waals surface area contributed by atoms with Gasteiger partial charge in [-0.25, -0.2) is 0 Å². The molecule has 0 aromatic heterocycles. The molecular formula is C66H50N2. The van der Waals surface area contributed by atoms with E-state index >= 15 is 0 Å². The molecule has 0 amide bonds. The van der Waals surface area contributed by atoms with Crippen molar-refractivity contribution in [3.63, 3.8) is 0 Å². The highest BCUT2D eigenvalue weighted by molar-refractivity contribution is 6.19. The van der Waals surface area contributed by atoms with Crippen molar-refractivity contribution < 1.29 is 0 Å². The zero-order valence-corrected chi connectivity index (χ0v) is 38.8. The summed E-state index contributed by atoms with van der Waals surface area (Å²) < 4.78 is 0. The van der Waals surface area contributed by atoms with Gasteiger partial charge in [0.05, 0.1) is 5.69 Å². The first-order valence-corrected chi connectivity index (χ1v) is 23.9. The Morgan fingerprint density at radius 2 is 0.721 bits per heavy atom. The second kappa shape index (κ2) is 15.2. The number of para-hydroxylation sites is 2. The topological polar surface area (TPSA) is 6.48 Å². The summed E-state index contributed by atoms with van der Waals surface area (Å²) in [5.41, 5.74) is 24.9. The van der Waals surface area contributed by atoms with E-state index in [4.69, 9.17) is 0 Å². The minimum Gasteiger partial charge on any atom is -0.311 e. The third kappa shape index (κ3) is 6.10. The lowest BCUT2D eigenvalue weighted by molar-refractivity contribution is 0.660. The fraction of sp³-hybridized carbons (Fsp3) is 0.0909. The average Bonchev–Trinajstić information content (AvgIpc) is 3.92. The van der Waals surface area contributed by atoms with E-state index in [1.54, 1.807) is 0 Å². The molecule has 0 unspecified atom stereocenters. The van der Waals surface area contributed by atoms with Crippen molar-refractivity contribution in [1.29, 1.82) is 0 Å². The summed E-state index contributed by atoms with van der Waals surface area (Å²) in [5, 5.41) is 2.59. The van der Waals surface area contributed by atoms with E-state index in [-0.39, 0.29) is 10.8 Å². The van der Waals surface area contributed by atoms with Crippen molar-refractivity contribution >= 4 is 57.0 Å². The van der Waals surface area contributed by atoms with Gasteiger partial charge in [0.15, 0.2) is 0 Å². The van der Waals surface area contributed by atoms with Crippen molar-refractivity contribution in [2.45, 2.75) is 38.5 Å². The van der Waals surface area contributed by atoms with Crippen molar-refractivity contribution in [2.24, 2.45) is 0 Å². The van der Waals surface area contributed by atoms with Crippen molar-refractivity contribution in [3.8, 4) is 44.5 Å². The van der Waals surface area contributed by atoms with E-state index in [1.807, 2.05) is 0 Å². The second-order valence-corrected chi connectivity index (χ2v) is 19.7. The molecule has 0 aliphatic heterocycles. The summed E-state index contributed by atoms with van der Waals surface area (Å²) in [6, 6.07) is 80.8. The highest BCUT2D eigenvalue weighted by Gasteiger charge is 2.38. The lowest BCUT2D eigenvalue weighted by Crippen LogP contribution is -2.18. The van der Waals surface area contributed by atoms with Gasteiger partial charge >= 0.3 is 0 Å². The Kier molecular flexibility index (Phi) is 8.95. The maximum absolute atomic E-state index is 2.53. The standard InChI is InChI=1S/C66H50N2/c1-65(2)59-25-14-13-22-52(59)54-36-33-48(41-61(54)65)68(63-39-38-57-51-21-12-11-20-50(51)56-23-15-24-58(63)64(56)57)49-34-37-55-53-35-30-44(40-60(53)66(3,4)62(55)42-49)27-26-43-28-31-47(32-29-43)67(45-16-7-5-8-17-45)46-18-9-6-10-19-46/h5-42H,1-4H3/b27-26+. The number of nitrogens with zero attached hydrogens (tertiary/aromatic N) is 2. The second-order valence-electron chi connectivity index (χ2n) is 19.7. The highest BCUT2D eigenvalue weighted by atomic mass is 15.1. The van der Waals surface area contributed by atoms with Crippen LogP contribution in [0.3, 0.4) is 0 Å². The van der Waals surface area contributed by atoms with Gasteiger partial charge in [-0.15, -0.1) is 0 Å². The van der Waals surface area contributed by atoms with Gasteiger partial charge in [0.25, 0.3) is 0 Å². The summed E-state index contributed by atoms with van der Waals surface area (Å²) in [6.45, 7) is 9.55. The Morgan fingerprint density at radius 3 is 1.35 bits per heavy atom. The van der Waals surface area contributed by atoms with E-state index in [1.165, 1.54) is 94.5 Å². The predicted molar refractivity (Wildman–Crippen MR) is 288 cm³/mol. The Bertz CT molecular complexity index is 3600. The van der Waals surface area contributed by atoms with Gasteiger partial charge in [-0.05, 0) is 150 Å². The van der Waals surface area contributed by atoms with Crippen LogP contribution in [0.4, 0.5) is 34.1 Å². The number of hydrogen-bond acceptors (Lipinski definition) is 2. The molecule has 0 atom stereocenters. The van der Waals surface area contributed by atoms with Gasteiger partial charge in [-0.1, -0.05) is 192 Å². The van der Waals surface area contributed by atoms with Gasteiger partial charge < -0.3 is 9.80 Å². The summed E-state index contributed by atoms with van der Waals surface area (Å²) >= 11 is 0. The molecule has 0 heterocycles.